The monoisotopic (exact) mass is 1070 g/mol. The molecule has 0 aromatic heterocycles. The molecule has 0 radical (unpaired) electrons. The molecular formula is C73H159NO. The van der Waals surface area contributed by atoms with E-state index >= 15 is 0 Å². The van der Waals surface area contributed by atoms with Crippen LogP contribution in [0.25, 0.3) is 0 Å². The van der Waals surface area contributed by atoms with Crippen molar-refractivity contribution in [3.05, 3.63) is 0 Å². The summed E-state index contributed by atoms with van der Waals surface area (Å²) in [6.45, 7) is 18.4. The molecule has 0 aromatic rings. The molecule has 462 valence electrons. The third-order valence-corrected chi connectivity index (χ3v) is 15.8. The molecule has 0 saturated carbocycles. The van der Waals surface area contributed by atoms with Gasteiger partial charge in [0.1, 0.15) is 0 Å². The van der Waals surface area contributed by atoms with Crippen molar-refractivity contribution in [2.45, 2.75) is 466 Å². The van der Waals surface area contributed by atoms with Crippen molar-refractivity contribution in [1.29, 1.82) is 0 Å². The second-order valence-corrected chi connectivity index (χ2v) is 23.8. The molecule has 0 spiro atoms. The van der Waals surface area contributed by atoms with Crippen LogP contribution in [0, 0.1) is 0 Å². The Morgan fingerprint density at radius 3 is 0.187 bits per heavy atom. The van der Waals surface area contributed by atoms with Gasteiger partial charge in [0, 0.05) is 7.11 Å². The summed E-state index contributed by atoms with van der Waals surface area (Å²) in [6.07, 6.45) is 93.6. The summed E-state index contributed by atoms with van der Waals surface area (Å²) in [4.78, 5) is 0. The third-order valence-electron chi connectivity index (χ3n) is 15.8. The molecule has 0 amide bonds. The van der Waals surface area contributed by atoms with E-state index in [1.54, 1.807) is 0 Å². The number of rotatable bonds is 60. The Bertz CT molecular complexity index is 591. The Kier molecular flexibility index (Phi) is 111. The fourth-order valence-electron chi connectivity index (χ4n) is 10.5. The van der Waals surface area contributed by atoms with Crippen molar-refractivity contribution in [3.8, 4) is 0 Å². The normalized spacial score (nSPS) is 10.6. The molecule has 4 N–H and O–H groups in total. The Hall–Kier alpha value is -0.0800. The molecule has 0 rings (SSSR count). The maximum atomic E-state index is 7.00. The van der Waals surface area contributed by atoms with Crippen molar-refractivity contribution in [3.63, 3.8) is 0 Å². The Morgan fingerprint density at radius 1 is 0.107 bits per heavy atom. The molecular weight excluding hydrogens is 907 g/mol. The van der Waals surface area contributed by atoms with Crippen LogP contribution in [0.1, 0.15) is 466 Å². The van der Waals surface area contributed by atoms with Crippen molar-refractivity contribution in [1.82, 2.24) is 6.15 Å². The lowest BCUT2D eigenvalue weighted by Crippen LogP contribution is -1.83. The van der Waals surface area contributed by atoms with Gasteiger partial charge in [0.2, 0.25) is 0 Å². The number of hydrogen-bond acceptors (Lipinski definition) is 2. The minimum absolute atomic E-state index is 0. The maximum absolute atomic E-state index is 7.00. The summed E-state index contributed by atoms with van der Waals surface area (Å²) >= 11 is 0. The summed E-state index contributed by atoms with van der Waals surface area (Å²) in [7, 11) is 1.00. The molecule has 0 aromatic carbocycles. The predicted octanol–water partition coefficient (Wildman–Crippen LogP) is 28.8. The molecule has 75 heavy (non-hydrogen) atoms. The van der Waals surface area contributed by atoms with Gasteiger partial charge in [-0.2, -0.15) is 0 Å². The standard InChI is InChI=1S/4C18H38.CH4O.H3N/c4*1-3-5-7-9-11-13-15-17-18-16-14-12-10-8-6-4-2;1-2;/h4*3-18H2,1-2H3;2H,1H3;1H3. The zero-order valence-electron chi connectivity index (χ0n) is 55.4. The van der Waals surface area contributed by atoms with E-state index in [9.17, 15) is 0 Å². The van der Waals surface area contributed by atoms with Gasteiger partial charge in [-0.05, 0) is 0 Å². The summed E-state index contributed by atoms with van der Waals surface area (Å²) in [6, 6.07) is 0. The van der Waals surface area contributed by atoms with E-state index in [0.29, 0.717) is 0 Å². The van der Waals surface area contributed by atoms with Crippen LogP contribution in [0.3, 0.4) is 0 Å². The maximum Gasteiger partial charge on any atom is 0.0319 e. The van der Waals surface area contributed by atoms with Crippen LogP contribution in [0.5, 0.6) is 0 Å². The van der Waals surface area contributed by atoms with E-state index < -0.39 is 0 Å². The van der Waals surface area contributed by atoms with E-state index in [-0.39, 0.29) is 6.15 Å². The largest absolute Gasteiger partial charge is 0.400 e. The lowest BCUT2D eigenvalue weighted by molar-refractivity contribution is 0.399. The SMILES string of the molecule is CCCCCCCCCCCCCCCCCC.CCCCCCCCCCCCCCCCCC.CCCCCCCCCCCCCCCCCC.CCCCCCCCCCCCCCCCCC.CO.N. The van der Waals surface area contributed by atoms with Crippen LogP contribution in [0.2, 0.25) is 0 Å². The lowest BCUT2D eigenvalue weighted by Gasteiger charge is -2.03. The van der Waals surface area contributed by atoms with E-state index in [1.165, 1.54) is 411 Å². The van der Waals surface area contributed by atoms with Crippen LogP contribution in [0.15, 0.2) is 0 Å². The van der Waals surface area contributed by atoms with E-state index in [1.807, 2.05) is 0 Å². The molecule has 0 aliphatic carbocycles. The molecule has 0 bridgehead atoms. The number of unbranched alkanes of at least 4 members (excludes halogenated alkanes) is 60. The second-order valence-electron chi connectivity index (χ2n) is 23.8. The van der Waals surface area contributed by atoms with Crippen molar-refractivity contribution in [2.24, 2.45) is 0 Å². The highest BCUT2D eigenvalue weighted by Gasteiger charge is 1.98. The smallest absolute Gasteiger partial charge is 0.0319 e. The van der Waals surface area contributed by atoms with Crippen molar-refractivity contribution >= 4 is 0 Å². The Balaban J connectivity index is -0.000000208. The molecule has 0 aliphatic rings. The number of aliphatic hydroxyl groups excluding tert-OH is 1. The van der Waals surface area contributed by atoms with E-state index in [4.69, 9.17) is 5.11 Å². The third kappa shape index (κ3) is 106. The fourth-order valence-corrected chi connectivity index (χ4v) is 10.5. The molecule has 0 aliphatic heterocycles. The molecule has 0 heterocycles. The average Bonchev–Trinajstić information content (AvgIpc) is 3.42. The fraction of sp³-hybridized carbons (Fsp3) is 1.00. The average molecular weight is 1070 g/mol. The Morgan fingerprint density at radius 2 is 0.147 bits per heavy atom. The van der Waals surface area contributed by atoms with Crippen LogP contribution in [0.4, 0.5) is 0 Å². The highest BCUT2D eigenvalue weighted by molar-refractivity contribution is 4.54. The first kappa shape index (κ1) is 86.2. The number of aliphatic hydroxyl groups is 1. The molecule has 0 unspecified atom stereocenters. The van der Waals surface area contributed by atoms with Gasteiger partial charge in [-0.3, -0.25) is 0 Å². The minimum Gasteiger partial charge on any atom is -0.400 e. The van der Waals surface area contributed by atoms with Gasteiger partial charge in [-0.25, -0.2) is 0 Å². The summed E-state index contributed by atoms with van der Waals surface area (Å²) in [5.41, 5.74) is 0. The van der Waals surface area contributed by atoms with Gasteiger partial charge >= 0.3 is 0 Å². The highest BCUT2D eigenvalue weighted by atomic mass is 16.2. The summed E-state index contributed by atoms with van der Waals surface area (Å²) < 4.78 is 0. The van der Waals surface area contributed by atoms with Gasteiger partial charge in [-0.15, -0.1) is 0 Å². The first-order valence-corrected chi connectivity index (χ1v) is 36.1. The topological polar surface area (TPSA) is 55.2 Å². The molecule has 2 nitrogen and oxygen atoms in total. The van der Waals surface area contributed by atoms with Gasteiger partial charge < -0.3 is 11.3 Å². The second kappa shape index (κ2) is 96.2. The zero-order chi connectivity index (χ0) is 55.3. The Labute approximate surface area is 482 Å². The summed E-state index contributed by atoms with van der Waals surface area (Å²) in [5.74, 6) is 0. The van der Waals surface area contributed by atoms with Crippen LogP contribution >= 0.6 is 0 Å². The number of hydrogen-bond donors (Lipinski definition) is 2. The van der Waals surface area contributed by atoms with E-state index in [0.717, 1.165) is 7.11 Å². The van der Waals surface area contributed by atoms with Crippen LogP contribution in [-0.2, 0) is 0 Å². The van der Waals surface area contributed by atoms with Crippen molar-refractivity contribution in [2.75, 3.05) is 7.11 Å². The minimum atomic E-state index is 0. The predicted molar refractivity (Wildman–Crippen MR) is 354 cm³/mol. The van der Waals surface area contributed by atoms with Gasteiger partial charge in [0.25, 0.3) is 0 Å². The van der Waals surface area contributed by atoms with Gasteiger partial charge in [-0.1, -0.05) is 466 Å². The van der Waals surface area contributed by atoms with Gasteiger partial charge in [0.05, 0.1) is 0 Å². The highest BCUT2D eigenvalue weighted by Crippen LogP contribution is 2.18. The zero-order valence-corrected chi connectivity index (χ0v) is 55.4. The first-order valence-electron chi connectivity index (χ1n) is 36.1. The lowest BCUT2D eigenvalue weighted by atomic mass is 10.0. The van der Waals surface area contributed by atoms with Crippen LogP contribution < -0.4 is 6.15 Å². The summed E-state index contributed by atoms with van der Waals surface area (Å²) in [5, 5.41) is 7.00. The van der Waals surface area contributed by atoms with Gasteiger partial charge in [0.15, 0.2) is 0 Å². The van der Waals surface area contributed by atoms with Crippen LogP contribution in [-0.4, -0.2) is 12.2 Å². The first-order chi connectivity index (χ1) is 36.7. The molecule has 0 atom stereocenters. The van der Waals surface area contributed by atoms with Crippen molar-refractivity contribution < 1.29 is 5.11 Å². The molecule has 0 saturated heterocycles. The quantitative estimate of drug-likeness (QED) is 0.0597. The molecule has 2 heteroatoms. The van der Waals surface area contributed by atoms with E-state index in [2.05, 4.69) is 55.4 Å². The molecule has 0 fully saturated rings.